The number of pyridine rings is 1. The fourth-order valence-corrected chi connectivity index (χ4v) is 2.34. The van der Waals surface area contributed by atoms with Crippen LogP contribution < -0.4 is 16.0 Å². The van der Waals surface area contributed by atoms with Crippen molar-refractivity contribution >= 4 is 23.6 Å². The molecule has 0 saturated carbocycles. The Labute approximate surface area is 170 Å². The SMILES string of the molecule is CC(C)(C)OC(=O)NCCC(=O)NCc1cccc(NC(=O)c2cccnc2)c1. The first-order valence-electron chi connectivity index (χ1n) is 9.27. The first-order chi connectivity index (χ1) is 13.7. The van der Waals surface area contributed by atoms with E-state index >= 15 is 0 Å². The Morgan fingerprint density at radius 3 is 2.55 bits per heavy atom. The molecule has 0 aliphatic rings. The number of anilines is 1. The maximum Gasteiger partial charge on any atom is 0.407 e. The molecule has 0 fully saturated rings. The molecule has 8 heteroatoms. The molecule has 3 amide bonds. The Hall–Kier alpha value is -3.42. The first kappa shape index (κ1) is 21.9. The lowest BCUT2D eigenvalue weighted by atomic mass is 10.2. The lowest BCUT2D eigenvalue weighted by Crippen LogP contribution is -2.35. The zero-order valence-corrected chi connectivity index (χ0v) is 16.8. The quantitative estimate of drug-likeness (QED) is 0.664. The molecular formula is C21H26N4O4. The molecule has 1 aromatic heterocycles. The van der Waals surface area contributed by atoms with Crippen molar-refractivity contribution in [3.8, 4) is 0 Å². The van der Waals surface area contributed by atoms with Gasteiger partial charge in [0.05, 0.1) is 5.56 Å². The van der Waals surface area contributed by atoms with E-state index in [2.05, 4.69) is 20.9 Å². The number of amides is 3. The summed E-state index contributed by atoms with van der Waals surface area (Å²) in [4.78, 5) is 39.6. The van der Waals surface area contributed by atoms with Crippen LogP contribution in [0.2, 0.25) is 0 Å². The van der Waals surface area contributed by atoms with Gasteiger partial charge in [-0.1, -0.05) is 12.1 Å². The Bertz CT molecular complexity index is 847. The molecule has 154 valence electrons. The van der Waals surface area contributed by atoms with Gasteiger partial charge in [-0.2, -0.15) is 0 Å². The summed E-state index contributed by atoms with van der Waals surface area (Å²) in [5.41, 5.74) is 1.34. The molecule has 0 bridgehead atoms. The van der Waals surface area contributed by atoms with Crippen molar-refractivity contribution in [1.82, 2.24) is 15.6 Å². The summed E-state index contributed by atoms with van der Waals surface area (Å²) in [5.74, 6) is -0.460. The van der Waals surface area contributed by atoms with Crippen LogP contribution in [0.15, 0.2) is 48.8 Å². The fraction of sp³-hybridized carbons (Fsp3) is 0.333. The number of nitrogens with one attached hydrogen (secondary N) is 3. The van der Waals surface area contributed by atoms with E-state index in [1.807, 2.05) is 6.07 Å². The second-order valence-electron chi connectivity index (χ2n) is 7.35. The predicted octanol–water partition coefficient (Wildman–Crippen LogP) is 2.86. The third kappa shape index (κ3) is 8.42. The number of nitrogens with zero attached hydrogens (tertiary/aromatic N) is 1. The number of alkyl carbamates (subject to hydrolysis) is 1. The summed E-state index contributed by atoms with van der Waals surface area (Å²) in [5, 5.41) is 8.12. The molecule has 29 heavy (non-hydrogen) atoms. The monoisotopic (exact) mass is 398 g/mol. The topological polar surface area (TPSA) is 109 Å². The molecule has 8 nitrogen and oxygen atoms in total. The van der Waals surface area contributed by atoms with Gasteiger partial charge in [0.25, 0.3) is 5.91 Å². The summed E-state index contributed by atoms with van der Waals surface area (Å²) >= 11 is 0. The zero-order chi connectivity index (χ0) is 21.3. The third-order valence-electron chi connectivity index (χ3n) is 3.62. The molecule has 1 heterocycles. The third-order valence-corrected chi connectivity index (χ3v) is 3.62. The van der Waals surface area contributed by atoms with Crippen LogP contribution in [0.5, 0.6) is 0 Å². The van der Waals surface area contributed by atoms with E-state index in [0.29, 0.717) is 17.8 Å². The van der Waals surface area contributed by atoms with Crippen LogP contribution in [0, 0.1) is 0 Å². The molecule has 0 saturated heterocycles. The number of benzene rings is 1. The first-order valence-corrected chi connectivity index (χ1v) is 9.27. The van der Waals surface area contributed by atoms with Crippen LogP contribution in [0.4, 0.5) is 10.5 Å². The van der Waals surface area contributed by atoms with Crippen molar-refractivity contribution in [3.63, 3.8) is 0 Å². The van der Waals surface area contributed by atoms with Crippen LogP contribution >= 0.6 is 0 Å². The van der Waals surface area contributed by atoms with Crippen molar-refractivity contribution in [2.75, 3.05) is 11.9 Å². The average Bonchev–Trinajstić information content (AvgIpc) is 2.66. The van der Waals surface area contributed by atoms with Crippen molar-refractivity contribution in [2.24, 2.45) is 0 Å². The molecule has 2 aromatic rings. The number of carbonyl (C=O) groups is 3. The second-order valence-corrected chi connectivity index (χ2v) is 7.35. The lowest BCUT2D eigenvalue weighted by molar-refractivity contribution is -0.121. The second kappa shape index (κ2) is 10.2. The van der Waals surface area contributed by atoms with Crippen LogP contribution in [0.25, 0.3) is 0 Å². The van der Waals surface area contributed by atoms with Gasteiger partial charge in [-0.05, 0) is 50.6 Å². The van der Waals surface area contributed by atoms with Crippen molar-refractivity contribution in [1.29, 1.82) is 0 Å². The molecular weight excluding hydrogens is 372 g/mol. The Kier molecular flexibility index (Phi) is 7.70. The lowest BCUT2D eigenvalue weighted by Gasteiger charge is -2.19. The maximum absolute atomic E-state index is 12.2. The highest BCUT2D eigenvalue weighted by molar-refractivity contribution is 6.04. The van der Waals surface area contributed by atoms with Crippen molar-refractivity contribution in [3.05, 3.63) is 59.9 Å². The maximum atomic E-state index is 12.2. The van der Waals surface area contributed by atoms with E-state index in [1.54, 1.807) is 57.3 Å². The van der Waals surface area contributed by atoms with E-state index < -0.39 is 11.7 Å². The Morgan fingerprint density at radius 2 is 1.86 bits per heavy atom. The smallest absolute Gasteiger partial charge is 0.407 e. The summed E-state index contributed by atoms with van der Waals surface area (Å²) in [6, 6.07) is 10.6. The van der Waals surface area contributed by atoms with Gasteiger partial charge in [0.15, 0.2) is 0 Å². The van der Waals surface area contributed by atoms with Gasteiger partial charge >= 0.3 is 6.09 Å². The van der Waals surface area contributed by atoms with Crippen LogP contribution in [0.3, 0.4) is 0 Å². The summed E-state index contributed by atoms with van der Waals surface area (Å²) in [6.07, 6.45) is 2.67. The highest BCUT2D eigenvalue weighted by atomic mass is 16.6. The number of aromatic nitrogens is 1. The van der Waals surface area contributed by atoms with Gasteiger partial charge in [-0.15, -0.1) is 0 Å². The highest BCUT2D eigenvalue weighted by Gasteiger charge is 2.15. The van der Waals surface area contributed by atoms with Gasteiger partial charge in [0, 0.05) is 37.6 Å². The minimum Gasteiger partial charge on any atom is -0.444 e. The van der Waals surface area contributed by atoms with E-state index in [1.165, 1.54) is 6.20 Å². The Balaban J connectivity index is 1.76. The molecule has 0 atom stereocenters. The zero-order valence-electron chi connectivity index (χ0n) is 16.8. The normalized spacial score (nSPS) is 10.7. The van der Waals surface area contributed by atoms with E-state index in [-0.39, 0.29) is 24.8 Å². The molecule has 1 aromatic carbocycles. The van der Waals surface area contributed by atoms with Gasteiger partial charge in [-0.3, -0.25) is 14.6 Å². The molecule has 0 aliphatic carbocycles. The number of rotatable bonds is 7. The molecule has 0 unspecified atom stereocenters. The summed E-state index contributed by atoms with van der Waals surface area (Å²) in [7, 11) is 0. The minimum atomic E-state index is -0.580. The predicted molar refractivity (Wildman–Crippen MR) is 109 cm³/mol. The van der Waals surface area contributed by atoms with Gasteiger partial charge < -0.3 is 20.7 Å². The average molecular weight is 398 g/mol. The summed E-state index contributed by atoms with van der Waals surface area (Å²) < 4.78 is 5.11. The molecule has 2 rings (SSSR count). The largest absolute Gasteiger partial charge is 0.444 e. The van der Waals surface area contributed by atoms with E-state index in [4.69, 9.17) is 4.74 Å². The molecule has 0 spiro atoms. The van der Waals surface area contributed by atoms with Crippen LogP contribution in [-0.4, -0.2) is 35.0 Å². The Morgan fingerprint density at radius 1 is 1.07 bits per heavy atom. The summed E-state index contributed by atoms with van der Waals surface area (Å²) in [6.45, 7) is 5.80. The molecule has 3 N–H and O–H groups in total. The standard InChI is InChI=1S/C21H26N4O4/c1-21(2,3)29-20(28)23-11-9-18(26)24-13-15-6-4-8-17(12-15)25-19(27)16-7-5-10-22-14-16/h4-8,10,12,14H,9,11,13H2,1-3H3,(H,23,28)(H,24,26)(H,25,27). The molecule has 0 radical (unpaired) electrons. The fourth-order valence-electron chi connectivity index (χ4n) is 2.34. The van der Waals surface area contributed by atoms with Crippen LogP contribution in [0.1, 0.15) is 43.1 Å². The van der Waals surface area contributed by atoms with Gasteiger partial charge in [-0.25, -0.2) is 4.79 Å². The highest BCUT2D eigenvalue weighted by Crippen LogP contribution is 2.12. The van der Waals surface area contributed by atoms with Crippen molar-refractivity contribution < 1.29 is 19.1 Å². The van der Waals surface area contributed by atoms with E-state index in [9.17, 15) is 14.4 Å². The number of hydrogen-bond acceptors (Lipinski definition) is 5. The van der Waals surface area contributed by atoms with Gasteiger partial charge in [0.1, 0.15) is 5.60 Å². The number of ether oxygens (including phenoxy) is 1. The van der Waals surface area contributed by atoms with E-state index in [0.717, 1.165) is 5.56 Å². The minimum absolute atomic E-state index is 0.136. The van der Waals surface area contributed by atoms with Crippen molar-refractivity contribution in [2.45, 2.75) is 39.3 Å². The number of carbonyl (C=O) groups excluding carboxylic acids is 3. The van der Waals surface area contributed by atoms with Crippen LogP contribution in [-0.2, 0) is 16.1 Å². The number of hydrogen-bond donors (Lipinski definition) is 3. The van der Waals surface area contributed by atoms with Gasteiger partial charge in [0.2, 0.25) is 5.91 Å². The molecule has 0 aliphatic heterocycles.